The van der Waals surface area contributed by atoms with Crippen molar-refractivity contribution in [3.8, 4) is 0 Å². The Bertz CT molecular complexity index is 132. The minimum Gasteiger partial charge on any atom is -0.329 e. The Hall–Kier alpha value is -0.120. The number of hydrogen-bond donors (Lipinski definition) is 2. The predicted octanol–water partition coefficient (Wildman–Crippen LogP) is 0.799. The minimum absolute atomic E-state index is 0.469. The quantitative estimate of drug-likeness (QED) is 0.622. The van der Waals surface area contributed by atoms with Gasteiger partial charge in [0.1, 0.15) is 0 Å². The van der Waals surface area contributed by atoms with Gasteiger partial charge in [-0.15, -0.1) is 0 Å². The van der Waals surface area contributed by atoms with Crippen molar-refractivity contribution >= 4 is 0 Å². The van der Waals surface area contributed by atoms with Crippen LogP contribution < -0.4 is 11.1 Å². The molecule has 1 fully saturated rings. The number of piperidine rings is 1. The van der Waals surface area contributed by atoms with Crippen LogP contribution in [0.5, 0.6) is 0 Å². The average Bonchev–Trinajstić information content (AvgIpc) is 2.25. The minimum atomic E-state index is 0.469. The summed E-state index contributed by atoms with van der Waals surface area (Å²) in [5.74, 6) is 0. The molecule has 3 nitrogen and oxygen atoms in total. The molecule has 1 unspecified atom stereocenters. The van der Waals surface area contributed by atoms with Gasteiger partial charge < -0.3 is 16.0 Å². The number of nitrogens with one attached hydrogen (secondary N) is 1. The normalized spacial score (nSPS) is 21.0. The summed E-state index contributed by atoms with van der Waals surface area (Å²) in [4.78, 5) is 2.58. The van der Waals surface area contributed by atoms with E-state index >= 15 is 0 Å². The van der Waals surface area contributed by atoms with Crippen LogP contribution in [0.4, 0.5) is 0 Å². The molecule has 1 rings (SSSR count). The Kier molecular flexibility index (Phi) is 6.15. The SMILES string of the molecule is CC(CN)NCCCN1CCCCC1. The lowest BCUT2D eigenvalue weighted by atomic mass is 10.1. The van der Waals surface area contributed by atoms with Crippen LogP contribution in [0.2, 0.25) is 0 Å². The topological polar surface area (TPSA) is 41.3 Å². The van der Waals surface area contributed by atoms with Crippen LogP contribution in [0.25, 0.3) is 0 Å². The first kappa shape index (κ1) is 12.0. The maximum absolute atomic E-state index is 5.52. The molecule has 1 atom stereocenters. The molecule has 0 aliphatic carbocycles. The van der Waals surface area contributed by atoms with Gasteiger partial charge in [0.2, 0.25) is 0 Å². The Balaban J connectivity index is 1.92. The lowest BCUT2D eigenvalue weighted by Gasteiger charge is -2.26. The highest BCUT2D eigenvalue weighted by atomic mass is 15.1. The third kappa shape index (κ3) is 4.94. The zero-order valence-corrected chi connectivity index (χ0v) is 9.47. The van der Waals surface area contributed by atoms with Crippen molar-refractivity contribution in [3.63, 3.8) is 0 Å². The molecule has 0 aromatic rings. The van der Waals surface area contributed by atoms with E-state index in [1.807, 2.05) is 0 Å². The van der Waals surface area contributed by atoms with Gasteiger partial charge in [0.25, 0.3) is 0 Å². The first-order chi connectivity index (χ1) is 6.83. The molecular weight excluding hydrogens is 174 g/mol. The molecule has 84 valence electrons. The van der Waals surface area contributed by atoms with E-state index in [0.717, 1.165) is 13.1 Å². The number of nitrogens with zero attached hydrogens (tertiary/aromatic N) is 1. The molecule has 1 aliphatic heterocycles. The van der Waals surface area contributed by atoms with Crippen molar-refractivity contribution in [2.45, 2.75) is 38.6 Å². The lowest BCUT2D eigenvalue weighted by Crippen LogP contribution is -2.36. The van der Waals surface area contributed by atoms with Gasteiger partial charge in [0, 0.05) is 12.6 Å². The average molecular weight is 199 g/mol. The van der Waals surface area contributed by atoms with E-state index in [1.54, 1.807) is 0 Å². The summed E-state index contributed by atoms with van der Waals surface area (Å²) in [6.45, 7) is 7.86. The number of likely N-dealkylation sites (tertiary alicyclic amines) is 1. The zero-order chi connectivity index (χ0) is 10.2. The fraction of sp³-hybridized carbons (Fsp3) is 1.00. The molecule has 1 saturated heterocycles. The van der Waals surface area contributed by atoms with Crippen LogP contribution in [0, 0.1) is 0 Å². The van der Waals surface area contributed by atoms with Crippen molar-refractivity contribution < 1.29 is 0 Å². The van der Waals surface area contributed by atoms with Gasteiger partial charge in [-0.2, -0.15) is 0 Å². The zero-order valence-electron chi connectivity index (χ0n) is 9.47. The molecule has 0 saturated carbocycles. The first-order valence-corrected chi connectivity index (χ1v) is 5.98. The van der Waals surface area contributed by atoms with Crippen molar-refractivity contribution in [2.24, 2.45) is 5.73 Å². The Morgan fingerprint density at radius 3 is 2.64 bits per heavy atom. The molecular formula is C11H25N3. The fourth-order valence-electron chi connectivity index (χ4n) is 1.92. The highest BCUT2D eigenvalue weighted by molar-refractivity contribution is 4.66. The molecule has 0 aromatic carbocycles. The summed E-state index contributed by atoms with van der Waals surface area (Å²) in [7, 11) is 0. The summed E-state index contributed by atoms with van der Waals surface area (Å²) < 4.78 is 0. The number of rotatable bonds is 6. The van der Waals surface area contributed by atoms with Crippen molar-refractivity contribution in [3.05, 3.63) is 0 Å². The van der Waals surface area contributed by atoms with Gasteiger partial charge in [-0.1, -0.05) is 6.42 Å². The largest absolute Gasteiger partial charge is 0.329 e. The second kappa shape index (κ2) is 7.21. The summed E-state index contributed by atoms with van der Waals surface area (Å²) >= 11 is 0. The van der Waals surface area contributed by atoms with Crippen LogP contribution in [-0.4, -0.2) is 43.7 Å². The van der Waals surface area contributed by atoms with Gasteiger partial charge in [0.05, 0.1) is 0 Å². The van der Waals surface area contributed by atoms with Gasteiger partial charge >= 0.3 is 0 Å². The van der Waals surface area contributed by atoms with E-state index in [4.69, 9.17) is 5.73 Å². The van der Waals surface area contributed by atoms with E-state index in [-0.39, 0.29) is 0 Å². The smallest absolute Gasteiger partial charge is 0.0161 e. The summed E-state index contributed by atoms with van der Waals surface area (Å²) in [5.41, 5.74) is 5.52. The first-order valence-electron chi connectivity index (χ1n) is 5.98. The number of nitrogens with two attached hydrogens (primary N) is 1. The van der Waals surface area contributed by atoms with Gasteiger partial charge in [-0.25, -0.2) is 0 Å². The van der Waals surface area contributed by atoms with E-state index in [1.165, 1.54) is 45.3 Å². The third-order valence-corrected chi connectivity index (χ3v) is 2.95. The number of hydrogen-bond acceptors (Lipinski definition) is 3. The molecule has 0 aromatic heterocycles. The van der Waals surface area contributed by atoms with Crippen LogP contribution in [-0.2, 0) is 0 Å². The molecule has 0 bridgehead atoms. The maximum atomic E-state index is 5.52. The van der Waals surface area contributed by atoms with Crippen molar-refractivity contribution in [1.29, 1.82) is 0 Å². The molecule has 14 heavy (non-hydrogen) atoms. The third-order valence-electron chi connectivity index (χ3n) is 2.95. The molecule has 1 aliphatic rings. The van der Waals surface area contributed by atoms with E-state index in [9.17, 15) is 0 Å². The maximum Gasteiger partial charge on any atom is 0.0161 e. The molecule has 3 heteroatoms. The van der Waals surface area contributed by atoms with Gasteiger partial charge in [-0.05, 0) is 52.4 Å². The highest BCUT2D eigenvalue weighted by Crippen LogP contribution is 2.08. The molecule has 0 radical (unpaired) electrons. The molecule has 3 N–H and O–H groups in total. The van der Waals surface area contributed by atoms with Crippen molar-refractivity contribution in [1.82, 2.24) is 10.2 Å². The van der Waals surface area contributed by atoms with Crippen molar-refractivity contribution in [2.75, 3.05) is 32.7 Å². The van der Waals surface area contributed by atoms with Gasteiger partial charge in [-0.3, -0.25) is 0 Å². The van der Waals surface area contributed by atoms with Crippen LogP contribution >= 0.6 is 0 Å². The summed E-state index contributed by atoms with van der Waals surface area (Å²) in [6.07, 6.45) is 5.47. The summed E-state index contributed by atoms with van der Waals surface area (Å²) in [5, 5.41) is 3.42. The van der Waals surface area contributed by atoms with Crippen LogP contribution in [0.1, 0.15) is 32.6 Å². The predicted molar refractivity (Wildman–Crippen MR) is 61.4 cm³/mol. The second-order valence-corrected chi connectivity index (χ2v) is 4.35. The fourth-order valence-corrected chi connectivity index (χ4v) is 1.92. The Morgan fingerprint density at radius 2 is 2.00 bits per heavy atom. The monoisotopic (exact) mass is 199 g/mol. The highest BCUT2D eigenvalue weighted by Gasteiger charge is 2.08. The van der Waals surface area contributed by atoms with Crippen LogP contribution in [0.3, 0.4) is 0 Å². The standard InChI is InChI=1S/C11H25N3/c1-11(10-12)13-6-5-9-14-7-3-2-4-8-14/h11,13H,2-10,12H2,1H3. The van der Waals surface area contributed by atoms with E-state index < -0.39 is 0 Å². The molecule has 0 amide bonds. The second-order valence-electron chi connectivity index (χ2n) is 4.35. The Labute approximate surface area is 88.0 Å². The molecule has 1 heterocycles. The molecule has 0 spiro atoms. The van der Waals surface area contributed by atoms with E-state index in [2.05, 4.69) is 17.1 Å². The van der Waals surface area contributed by atoms with Gasteiger partial charge in [0.15, 0.2) is 0 Å². The van der Waals surface area contributed by atoms with Crippen LogP contribution in [0.15, 0.2) is 0 Å². The lowest BCUT2D eigenvalue weighted by molar-refractivity contribution is 0.225. The summed E-state index contributed by atoms with van der Waals surface area (Å²) in [6, 6.07) is 0.469. The van der Waals surface area contributed by atoms with E-state index in [0.29, 0.717) is 6.04 Å². The Morgan fingerprint density at radius 1 is 1.29 bits per heavy atom.